The molecule has 0 amide bonds. The smallest absolute Gasteiger partial charge is 0.339 e. The maximum Gasteiger partial charge on any atom is 0.339 e. The molecule has 32 heavy (non-hydrogen) atoms. The highest BCUT2D eigenvalue weighted by Crippen LogP contribution is 2.38. The first kappa shape index (κ1) is 25.2. The molecule has 2 rings (SSSR count). The van der Waals surface area contributed by atoms with Crippen LogP contribution in [0.4, 0.5) is 0 Å². The average molecular weight is 483 g/mol. The molecule has 0 fully saturated rings. The Kier molecular flexibility index (Phi) is 6.96. The lowest BCUT2D eigenvalue weighted by molar-refractivity contribution is -0.152. The highest BCUT2D eigenvalue weighted by atomic mass is 32.2. The zero-order valence-electron chi connectivity index (χ0n) is 17.8. The fourth-order valence-electron chi connectivity index (χ4n) is 3.17. The van der Waals surface area contributed by atoms with Gasteiger partial charge < -0.3 is 8.37 Å². The zero-order valence-corrected chi connectivity index (χ0v) is 19.4. The van der Waals surface area contributed by atoms with Crippen LogP contribution in [0.15, 0.2) is 60.7 Å². The highest BCUT2D eigenvalue weighted by Gasteiger charge is 2.58. The number of ketones is 1. The van der Waals surface area contributed by atoms with E-state index in [-0.39, 0.29) is 11.1 Å². The molecule has 0 aliphatic heterocycles. The molecular weight excluding hydrogens is 460 g/mol. The van der Waals surface area contributed by atoms with Gasteiger partial charge in [0.2, 0.25) is 0 Å². The predicted molar refractivity (Wildman–Crippen MR) is 114 cm³/mol. The van der Waals surface area contributed by atoms with Crippen LogP contribution in [0.5, 0.6) is 0 Å². The van der Waals surface area contributed by atoms with E-state index in [9.17, 15) is 31.2 Å². The highest BCUT2D eigenvalue weighted by molar-refractivity contribution is 7.86. The fourth-order valence-corrected chi connectivity index (χ4v) is 4.05. The van der Waals surface area contributed by atoms with Gasteiger partial charge in [-0.25, -0.2) is 9.59 Å². The summed E-state index contributed by atoms with van der Waals surface area (Å²) in [6, 6.07) is 14.8. The molecule has 0 aliphatic rings. The molecule has 172 valence electrons. The minimum absolute atomic E-state index is 0.0351. The van der Waals surface area contributed by atoms with Crippen molar-refractivity contribution in [2.75, 3.05) is 12.5 Å². The van der Waals surface area contributed by atoms with Gasteiger partial charge in [-0.15, -0.1) is 0 Å². The molecule has 0 radical (unpaired) electrons. The van der Waals surface area contributed by atoms with E-state index < -0.39 is 48.8 Å². The molecular formula is C21H22O9S2. The number of carbonyl (C=O) groups is 3. The number of rotatable bonds is 8. The van der Waals surface area contributed by atoms with Crippen LogP contribution in [0, 0.1) is 0 Å². The number of hydrogen-bond donors (Lipinski definition) is 0. The van der Waals surface area contributed by atoms with E-state index in [0.717, 1.165) is 13.8 Å². The summed E-state index contributed by atoms with van der Waals surface area (Å²) in [6.07, 6.45) is 1.27. The Labute approximate surface area is 186 Å². The first-order chi connectivity index (χ1) is 14.6. The zero-order chi connectivity index (χ0) is 24.4. The number of benzene rings is 2. The van der Waals surface area contributed by atoms with Gasteiger partial charge in [0.15, 0.2) is 16.6 Å². The molecule has 2 unspecified atom stereocenters. The molecule has 0 aliphatic carbocycles. The van der Waals surface area contributed by atoms with E-state index in [4.69, 9.17) is 0 Å². The van der Waals surface area contributed by atoms with E-state index in [1.165, 1.54) is 48.5 Å². The third-order valence-electron chi connectivity index (χ3n) is 4.88. The molecule has 0 heterocycles. The van der Waals surface area contributed by atoms with Gasteiger partial charge in [-0.1, -0.05) is 60.7 Å². The lowest BCUT2D eigenvalue weighted by atomic mass is 9.65. The van der Waals surface area contributed by atoms with Crippen molar-refractivity contribution in [1.82, 2.24) is 0 Å². The molecule has 0 aromatic heterocycles. The summed E-state index contributed by atoms with van der Waals surface area (Å²) in [7, 11) is -8.64. The molecule has 11 heteroatoms. The Morgan fingerprint density at radius 3 is 1.16 bits per heavy atom. The lowest BCUT2D eigenvalue weighted by Crippen LogP contribution is -2.55. The van der Waals surface area contributed by atoms with Crippen molar-refractivity contribution in [2.45, 2.75) is 24.7 Å². The van der Waals surface area contributed by atoms with E-state index in [2.05, 4.69) is 8.37 Å². The van der Waals surface area contributed by atoms with Gasteiger partial charge in [0, 0.05) is 0 Å². The molecule has 0 spiro atoms. The summed E-state index contributed by atoms with van der Waals surface area (Å²) < 4.78 is 55.7. The van der Waals surface area contributed by atoms with E-state index in [1.54, 1.807) is 12.1 Å². The Hall–Kier alpha value is -3.05. The Morgan fingerprint density at radius 2 is 0.906 bits per heavy atom. The van der Waals surface area contributed by atoms with Crippen LogP contribution in [-0.2, 0) is 53.8 Å². The van der Waals surface area contributed by atoms with Crippen molar-refractivity contribution in [1.29, 1.82) is 0 Å². The maximum absolute atomic E-state index is 14.0. The summed E-state index contributed by atoms with van der Waals surface area (Å²) in [6.45, 7) is 2.21. The Morgan fingerprint density at radius 1 is 0.625 bits per heavy atom. The topological polar surface area (TPSA) is 138 Å². The summed E-state index contributed by atoms with van der Waals surface area (Å²) in [5, 5.41) is 0. The molecule has 0 saturated heterocycles. The average Bonchev–Trinajstić information content (AvgIpc) is 2.70. The van der Waals surface area contributed by atoms with E-state index in [1.807, 2.05) is 0 Å². The molecule has 9 nitrogen and oxygen atoms in total. The van der Waals surface area contributed by atoms with E-state index in [0.29, 0.717) is 12.5 Å². The minimum Gasteiger partial charge on any atom is -0.344 e. The molecule has 2 aromatic carbocycles. The lowest BCUT2D eigenvalue weighted by Gasteiger charge is -2.35. The van der Waals surface area contributed by atoms with Gasteiger partial charge >= 0.3 is 32.2 Å². The quantitative estimate of drug-likeness (QED) is 0.404. The van der Waals surface area contributed by atoms with Crippen LogP contribution in [0.3, 0.4) is 0 Å². The van der Waals surface area contributed by atoms with Crippen molar-refractivity contribution in [3.05, 3.63) is 71.8 Å². The maximum atomic E-state index is 14.0. The second-order valence-electron chi connectivity index (χ2n) is 7.46. The summed E-state index contributed by atoms with van der Waals surface area (Å²) in [4.78, 5) is 40.0. The van der Waals surface area contributed by atoms with Gasteiger partial charge in [0.1, 0.15) is 0 Å². The second kappa shape index (κ2) is 8.83. The van der Waals surface area contributed by atoms with Gasteiger partial charge in [-0.05, 0) is 25.0 Å². The van der Waals surface area contributed by atoms with Crippen molar-refractivity contribution in [3.63, 3.8) is 0 Å². The molecule has 2 aromatic rings. The molecule has 0 bridgehead atoms. The van der Waals surface area contributed by atoms with Gasteiger partial charge in [0.05, 0.1) is 12.5 Å². The van der Waals surface area contributed by atoms with Crippen LogP contribution >= 0.6 is 0 Å². The minimum atomic E-state index is -4.32. The summed E-state index contributed by atoms with van der Waals surface area (Å²) in [5.41, 5.74) is -4.56. The monoisotopic (exact) mass is 482 g/mol. The first-order valence-corrected chi connectivity index (χ1v) is 12.8. The molecule has 0 N–H and O–H groups in total. The third-order valence-corrected chi connectivity index (χ3v) is 5.79. The standard InChI is InChI=1S/C21H22O9S2/c1-20(15-11-7-5-8-12-15,18(23)29-31(3,25)26)17(22)21(2,16-13-9-6-10-14-16)19(24)30-32(4,27)28/h5-14H,1-4H3. The van der Waals surface area contributed by atoms with Crippen LogP contribution in [0.25, 0.3) is 0 Å². The van der Waals surface area contributed by atoms with Crippen molar-refractivity contribution in [2.24, 2.45) is 0 Å². The van der Waals surface area contributed by atoms with Gasteiger partial charge in [-0.3, -0.25) is 4.79 Å². The van der Waals surface area contributed by atoms with Crippen molar-refractivity contribution in [3.8, 4) is 0 Å². The molecule has 2 atom stereocenters. The van der Waals surface area contributed by atoms with Crippen LogP contribution in [0.2, 0.25) is 0 Å². The van der Waals surface area contributed by atoms with Crippen LogP contribution in [0.1, 0.15) is 25.0 Å². The normalized spacial score (nSPS) is 15.6. The largest absolute Gasteiger partial charge is 0.344 e. The van der Waals surface area contributed by atoms with Crippen molar-refractivity contribution < 1.29 is 39.6 Å². The summed E-state index contributed by atoms with van der Waals surface area (Å²) >= 11 is 0. The Bertz CT molecular complexity index is 1140. The van der Waals surface area contributed by atoms with Crippen LogP contribution < -0.4 is 0 Å². The number of carbonyl (C=O) groups excluding carboxylic acids is 3. The third kappa shape index (κ3) is 5.22. The molecule has 0 saturated carbocycles. The number of hydrogen-bond acceptors (Lipinski definition) is 9. The second-order valence-corrected chi connectivity index (χ2v) is 10.6. The van der Waals surface area contributed by atoms with Gasteiger partial charge in [0.25, 0.3) is 0 Å². The number of Topliss-reactive ketones (excluding diaryl/α,β-unsaturated/α-hetero) is 1. The van der Waals surface area contributed by atoms with Crippen molar-refractivity contribution >= 4 is 38.0 Å². The summed E-state index contributed by atoms with van der Waals surface area (Å²) in [5.74, 6) is -4.04. The Balaban J connectivity index is 2.81. The first-order valence-electron chi connectivity index (χ1n) is 9.16. The van der Waals surface area contributed by atoms with E-state index >= 15 is 0 Å². The predicted octanol–water partition coefficient (Wildman–Crippen LogP) is 1.48. The SMILES string of the molecule is CC(C(=O)OS(C)(=O)=O)(C(=O)C(C)(C(=O)OS(C)(=O)=O)c1ccccc1)c1ccccc1. The van der Waals surface area contributed by atoms with Gasteiger partial charge in [-0.2, -0.15) is 16.8 Å². The fraction of sp³-hybridized carbons (Fsp3) is 0.286. The van der Waals surface area contributed by atoms with Crippen LogP contribution in [-0.4, -0.2) is 47.1 Å².